The van der Waals surface area contributed by atoms with Crippen molar-refractivity contribution in [3.05, 3.63) is 40.8 Å². The van der Waals surface area contributed by atoms with Crippen LogP contribution in [0.4, 0.5) is 0 Å². The van der Waals surface area contributed by atoms with Crippen molar-refractivity contribution >= 4 is 23.4 Å². The van der Waals surface area contributed by atoms with Gasteiger partial charge in [0, 0.05) is 16.4 Å². The number of benzene rings is 1. The molecule has 1 heterocycles. The van der Waals surface area contributed by atoms with E-state index in [0.29, 0.717) is 17.0 Å². The number of hydrogen-bond acceptors (Lipinski definition) is 4. The summed E-state index contributed by atoms with van der Waals surface area (Å²) in [5.41, 5.74) is 0.784. The van der Waals surface area contributed by atoms with Crippen molar-refractivity contribution in [2.45, 2.75) is 30.6 Å². The Bertz CT molecular complexity index is 644. The highest BCUT2D eigenvalue weighted by Crippen LogP contribution is 2.41. The Morgan fingerprint density at radius 2 is 2.00 bits per heavy atom. The summed E-state index contributed by atoms with van der Waals surface area (Å²) in [4.78, 5) is 9.97. The molecule has 1 aromatic carbocycles. The third kappa shape index (κ3) is 2.76. The van der Waals surface area contributed by atoms with Gasteiger partial charge < -0.3 is 4.74 Å². The number of thioether (sulfide) groups is 1. The van der Waals surface area contributed by atoms with Crippen molar-refractivity contribution in [3.8, 4) is 11.6 Å². The second-order valence-corrected chi connectivity index (χ2v) is 6.04. The summed E-state index contributed by atoms with van der Waals surface area (Å²) in [5, 5.41) is 0.485. The van der Waals surface area contributed by atoms with Gasteiger partial charge in [-0.2, -0.15) is 4.98 Å². The first-order valence-electron chi connectivity index (χ1n) is 6.54. The highest BCUT2D eigenvalue weighted by molar-refractivity contribution is 7.98. The number of ether oxygens (including phenoxy) is 1. The van der Waals surface area contributed by atoms with Crippen molar-refractivity contribution in [1.29, 1.82) is 0 Å². The molecule has 0 saturated heterocycles. The number of aromatic nitrogens is 2. The van der Waals surface area contributed by atoms with Crippen molar-refractivity contribution < 1.29 is 4.74 Å². The molecular formula is C15H15ClN2OS. The molecule has 0 radical (unpaired) electrons. The zero-order valence-electron chi connectivity index (χ0n) is 11.4. The molecule has 3 rings (SSSR count). The van der Waals surface area contributed by atoms with E-state index in [1.807, 2.05) is 37.4 Å². The molecule has 1 aliphatic rings. The first-order valence-corrected chi connectivity index (χ1v) is 8.14. The summed E-state index contributed by atoms with van der Waals surface area (Å²) in [7, 11) is 0. The second kappa shape index (κ2) is 5.62. The van der Waals surface area contributed by atoms with Crippen LogP contribution in [0.2, 0.25) is 5.15 Å². The van der Waals surface area contributed by atoms with E-state index >= 15 is 0 Å². The number of nitrogens with zero attached hydrogens (tertiary/aromatic N) is 2. The SMILES string of the molecule is CSc1ccccc1Oc1nc(C2CC2)nc(Cl)c1C. The van der Waals surface area contributed by atoms with E-state index in [1.165, 1.54) is 0 Å². The van der Waals surface area contributed by atoms with Gasteiger partial charge in [0.2, 0.25) is 5.88 Å². The van der Waals surface area contributed by atoms with Crippen LogP contribution in [0.15, 0.2) is 29.2 Å². The molecule has 1 aliphatic carbocycles. The van der Waals surface area contributed by atoms with E-state index in [0.717, 1.165) is 34.9 Å². The monoisotopic (exact) mass is 306 g/mol. The molecule has 1 fully saturated rings. The van der Waals surface area contributed by atoms with Crippen LogP contribution in [0, 0.1) is 6.92 Å². The van der Waals surface area contributed by atoms with E-state index in [4.69, 9.17) is 16.3 Å². The Kier molecular flexibility index (Phi) is 3.85. The molecule has 0 unspecified atom stereocenters. The average Bonchev–Trinajstić information content (AvgIpc) is 3.28. The molecular weight excluding hydrogens is 292 g/mol. The standard InChI is InChI=1S/C15H15ClN2OS/c1-9-13(16)17-14(10-7-8-10)18-15(9)19-11-5-3-4-6-12(11)20-2/h3-6,10H,7-8H2,1-2H3. The number of para-hydroxylation sites is 1. The number of halogens is 1. The van der Waals surface area contributed by atoms with E-state index in [-0.39, 0.29) is 0 Å². The first kappa shape index (κ1) is 13.7. The lowest BCUT2D eigenvalue weighted by molar-refractivity contribution is 0.444. The maximum atomic E-state index is 6.19. The summed E-state index contributed by atoms with van der Waals surface area (Å²) >= 11 is 7.84. The Balaban J connectivity index is 1.97. The Hall–Kier alpha value is -1.26. The molecule has 1 saturated carbocycles. The second-order valence-electron chi connectivity index (χ2n) is 4.83. The van der Waals surface area contributed by atoms with Gasteiger partial charge >= 0.3 is 0 Å². The first-order chi connectivity index (χ1) is 9.69. The zero-order chi connectivity index (χ0) is 14.1. The Labute approximate surface area is 127 Å². The van der Waals surface area contributed by atoms with Crippen molar-refractivity contribution in [2.75, 3.05) is 6.26 Å². The van der Waals surface area contributed by atoms with E-state index in [2.05, 4.69) is 9.97 Å². The molecule has 0 bridgehead atoms. The van der Waals surface area contributed by atoms with Crippen LogP contribution in [0.5, 0.6) is 11.6 Å². The predicted octanol–water partition coefficient (Wildman–Crippen LogP) is 4.83. The molecule has 20 heavy (non-hydrogen) atoms. The normalized spacial score (nSPS) is 14.3. The molecule has 0 spiro atoms. The van der Waals surface area contributed by atoms with Gasteiger partial charge in [0.05, 0.1) is 0 Å². The fourth-order valence-electron chi connectivity index (χ4n) is 1.92. The maximum absolute atomic E-state index is 6.19. The molecule has 104 valence electrons. The van der Waals surface area contributed by atoms with Crippen LogP contribution in [0.1, 0.15) is 30.1 Å². The average molecular weight is 307 g/mol. The molecule has 1 aromatic heterocycles. The lowest BCUT2D eigenvalue weighted by Crippen LogP contribution is -2.00. The van der Waals surface area contributed by atoms with Gasteiger partial charge in [-0.1, -0.05) is 23.7 Å². The molecule has 0 atom stereocenters. The Morgan fingerprint density at radius 3 is 2.70 bits per heavy atom. The number of rotatable bonds is 4. The smallest absolute Gasteiger partial charge is 0.227 e. The minimum Gasteiger partial charge on any atom is -0.437 e. The Morgan fingerprint density at radius 1 is 1.25 bits per heavy atom. The van der Waals surface area contributed by atoms with Crippen LogP contribution < -0.4 is 4.74 Å². The van der Waals surface area contributed by atoms with Gasteiger partial charge in [-0.05, 0) is 38.2 Å². The largest absolute Gasteiger partial charge is 0.437 e. The maximum Gasteiger partial charge on any atom is 0.227 e. The third-order valence-electron chi connectivity index (χ3n) is 3.28. The summed E-state index contributed by atoms with van der Waals surface area (Å²) in [6, 6.07) is 7.92. The van der Waals surface area contributed by atoms with Crippen LogP contribution in [0.25, 0.3) is 0 Å². The van der Waals surface area contributed by atoms with Crippen LogP contribution >= 0.6 is 23.4 Å². The van der Waals surface area contributed by atoms with E-state index in [9.17, 15) is 0 Å². The van der Waals surface area contributed by atoms with Gasteiger partial charge in [-0.25, -0.2) is 4.98 Å². The molecule has 3 nitrogen and oxygen atoms in total. The predicted molar refractivity (Wildman–Crippen MR) is 82.1 cm³/mol. The molecule has 0 N–H and O–H groups in total. The lowest BCUT2D eigenvalue weighted by atomic mass is 10.3. The summed E-state index contributed by atoms with van der Waals surface area (Å²) in [6.07, 6.45) is 4.30. The summed E-state index contributed by atoms with van der Waals surface area (Å²) in [5.74, 6) is 2.62. The van der Waals surface area contributed by atoms with E-state index < -0.39 is 0 Å². The lowest BCUT2D eigenvalue weighted by Gasteiger charge is -2.12. The minimum absolute atomic E-state index is 0.450. The van der Waals surface area contributed by atoms with Gasteiger partial charge in [0.1, 0.15) is 16.7 Å². The van der Waals surface area contributed by atoms with Crippen molar-refractivity contribution in [1.82, 2.24) is 9.97 Å². The molecule has 5 heteroatoms. The molecule has 0 aliphatic heterocycles. The van der Waals surface area contributed by atoms with Crippen molar-refractivity contribution in [2.24, 2.45) is 0 Å². The summed E-state index contributed by atoms with van der Waals surface area (Å²) in [6.45, 7) is 1.88. The van der Waals surface area contributed by atoms with Gasteiger partial charge in [-0.3, -0.25) is 0 Å². The van der Waals surface area contributed by atoms with Gasteiger partial charge in [0.15, 0.2) is 0 Å². The van der Waals surface area contributed by atoms with Crippen LogP contribution in [-0.2, 0) is 0 Å². The topological polar surface area (TPSA) is 35.0 Å². The fraction of sp³-hybridized carbons (Fsp3) is 0.333. The van der Waals surface area contributed by atoms with Gasteiger partial charge in [0.25, 0.3) is 0 Å². The quantitative estimate of drug-likeness (QED) is 0.598. The van der Waals surface area contributed by atoms with Crippen molar-refractivity contribution in [3.63, 3.8) is 0 Å². The molecule has 0 amide bonds. The highest BCUT2D eigenvalue weighted by atomic mass is 35.5. The fourth-order valence-corrected chi connectivity index (χ4v) is 2.61. The van der Waals surface area contributed by atoms with Gasteiger partial charge in [-0.15, -0.1) is 11.8 Å². The van der Waals surface area contributed by atoms with E-state index in [1.54, 1.807) is 11.8 Å². The van der Waals surface area contributed by atoms with Crippen LogP contribution in [-0.4, -0.2) is 16.2 Å². The zero-order valence-corrected chi connectivity index (χ0v) is 13.0. The summed E-state index contributed by atoms with van der Waals surface area (Å²) < 4.78 is 5.97. The minimum atomic E-state index is 0.450. The molecule has 2 aromatic rings. The van der Waals surface area contributed by atoms with Crippen LogP contribution in [0.3, 0.4) is 0 Å². The highest BCUT2D eigenvalue weighted by Gasteiger charge is 2.28. The third-order valence-corrected chi connectivity index (χ3v) is 4.42. The number of hydrogen-bond donors (Lipinski definition) is 0.